The van der Waals surface area contributed by atoms with Crippen molar-refractivity contribution in [3.8, 4) is 17.2 Å². The summed E-state index contributed by atoms with van der Waals surface area (Å²) in [6.45, 7) is 0.220. The van der Waals surface area contributed by atoms with Crippen LogP contribution in [0.1, 0.15) is 27.3 Å². The van der Waals surface area contributed by atoms with Crippen LogP contribution in [0.3, 0.4) is 0 Å². The van der Waals surface area contributed by atoms with Crippen molar-refractivity contribution in [2.45, 2.75) is 6.42 Å². The van der Waals surface area contributed by atoms with E-state index in [1.54, 1.807) is 0 Å². The average molecular weight is 362 g/mol. The topological polar surface area (TPSA) is 155 Å². The quantitative estimate of drug-likeness (QED) is 0.637. The zero-order valence-corrected chi connectivity index (χ0v) is 13.7. The Kier molecular flexibility index (Phi) is 5.21. The third kappa shape index (κ3) is 4.03. The third-order valence-corrected chi connectivity index (χ3v) is 4.16. The highest BCUT2D eigenvalue weighted by molar-refractivity contribution is 7.87. The molecule has 1 amide bonds. The van der Waals surface area contributed by atoms with Gasteiger partial charge in [-0.05, 0) is 23.8 Å². The summed E-state index contributed by atoms with van der Waals surface area (Å²) in [6, 6.07) is 9.15. The molecule has 0 fully saturated rings. The van der Waals surface area contributed by atoms with Gasteiger partial charge in [0.15, 0.2) is 5.69 Å². The summed E-state index contributed by atoms with van der Waals surface area (Å²) in [6.07, 6.45) is 1.24. The lowest BCUT2D eigenvalue weighted by atomic mass is 10.0. The predicted octanol–water partition coefficient (Wildman–Crippen LogP) is 0.548. The lowest BCUT2D eigenvalue weighted by Crippen LogP contribution is -2.25. The molecule has 0 unspecified atom stereocenters. The second-order valence-corrected chi connectivity index (χ2v) is 6.39. The van der Waals surface area contributed by atoms with Crippen LogP contribution in [0.15, 0.2) is 36.5 Å². The fourth-order valence-electron chi connectivity index (χ4n) is 2.20. The molecule has 10 heteroatoms. The largest absolute Gasteiger partial charge is 0.477 e. The lowest BCUT2D eigenvalue weighted by molar-refractivity contribution is 0.0690. The van der Waals surface area contributed by atoms with Crippen LogP contribution in [0.2, 0.25) is 0 Å². The van der Waals surface area contributed by atoms with Gasteiger partial charge in [0.2, 0.25) is 0 Å². The van der Waals surface area contributed by atoms with Crippen molar-refractivity contribution in [3.63, 3.8) is 0 Å². The number of rotatable bonds is 6. The Bertz CT molecular complexity index is 955. The van der Waals surface area contributed by atoms with Crippen LogP contribution in [-0.2, 0) is 10.2 Å². The van der Waals surface area contributed by atoms with Gasteiger partial charge in [-0.3, -0.25) is 4.79 Å². The van der Waals surface area contributed by atoms with Gasteiger partial charge in [-0.15, -0.1) is 0 Å². The van der Waals surface area contributed by atoms with Crippen molar-refractivity contribution < 1.29 is 23.1 Å². The first-order valence-corrected chi connectivity index (χ1v) is 8.49. The first-order chi connectivity index (χ1) is 11.8. The number of nitrogens with zero attached hydrogens (tertiary/aromatic N) is 2. The number of aromatic carboxylic acids is 1. The number of carboxylic acid groups (broad SMARTS) is 1. The van der Waals surface area contributed by atoms with E-state index >= 15 is 0 Å². The molecule has 1 aromatic carbocycles. The van der Waals surface area contributed by atoms with Gasteiger partial charge in [0.05, 0.1) is 12.5 Å². The SMILES string of the molecule is N#CCCNC(=O)c1ccc(-c2ccn(S(N)(=O)=O)c2C(=O)O)cc1. The zero-order chi connectivity index (χ0) is 18.6. The number of hydrogen-bond acceptors (Lipinski definition) is 5. The van der Waals surface area contributed by atoms with Crippen LogP contribution in [-0.4, -0.2) is 35.9 Å². The first-order valence-electron chi connectivity index (χ1n) is 6.99. The van der Waals surface area contributed by atoms with E-state index in [4.69, 9.17) is 10.4 Å². The molecule has 0 aliphatic carbocycles. The molecule has 0 saturated heterocycles. The van der Waals surface area contributed by atoms with Crippen LogP contribution < -0.4 is 10.5 Å². The molecule has 0 spiro atoms. The van der Waals surface area contributed by atoms with Gasteiger partial charge >= 0.3 is 16.2 Å². The predicted molar refractivity (Wildman–Crippen MR) is 87.9 cm³/mol. The summed E-state index contributed by atoms with van der Waals surface area (Å²) in [5.41, 5.74) is 0.393. The smallest absolute Gasteiger partial charge is 0.354 e. The second-order valence-electron chi connectivity index (χ2n) is 4.97. The number of carbonyl (C=O) groups is 2. The van der Waals surface area contributed by atoms with E-state index in [1.165, 1.54) is 30.3 Å². The second kappa shape index (κ2) is 7.16. The van der Waals surface area contributed by atoms with Crippen LogP contribution in [0.4, 0.5) is 0 Å². The fourth-order valence-corrected chi connectivity index (χ4v) is 2.87. The Balaban J connectivity index is 2.35. The average Bonchev–Trinajstić information content (AvgIpc) is 3.00. The number of amides is 1. The summed E-state index contributed by atoms with van der Waals surface area (Å²) in [5.74, 6) is -1.82. The summed E-state index contributed by atoms with van der Waals surface area (Å²) < 4.78 is 23.4. The van der Waals surface area contributed by atoms with Crippen molar-refractivity contribution in [2.75, 3.05) is 6.54 Å². The van der Waals surface area contributed by atoms with Gasteiger partial charge in [0.1, 0.15) is 0 Å². The van der Waals surface area contributed by atoms with Gasteiger partial charge in [-0.2, -0.15) is 13.7 Å². The maximum absolute atomic E-state index is 11.9. The minimum atomic E-state index is -4.25. The minimum Gasteiger partial charge on any atom is -0.477 e. The van der Waals surface area contributed by atoms with Gasteiger partial charge in [-0.25, -0.2) is 13.9 Å². The number of benzene rings is 1. The summed E-state index contributed by atoms with van der Waals surface area (Å²) in [7, 11) is -4.25. The molecule has 2 aromatic rings. The van der Waals surface area contributed by atoms with E-state index in [0.29, 0.717) is 15.1 Å². The normalized spacial score (nSPS) is 10.9. The van der Waals surface area contributed by atoms with Gasteiger partial charge < -0.3 is 10.4 Å². The van der Waals surface area contributed by atoms with Crippen molar-refractivity contribution >= 4 is 22.1 Å². The lowest BCUT2D eigenvalue weighted by Gasteiger charge is -2.07. The number of hydrogen-bond donors (Lipinski definition) is 3. The molecule has 0 aliphatic heterocycles. The zero-order valence-electron chi connectivity index (χ0n) is 12.8. The van der Waals surface area contributed by atoms with Gasteiger partial charge in [-0.1, -0.05) is 12.1 Å². The number of nitrogens with two attached hydrogens (primary N) is 1. The van der Waals surface area contributed by atoms with E-state index < -0.39 is 21.9 Å². The Morgan fingerprint density at radius 3 is 2.40 bits per heavy atom. The number of carboxylic acids is 1. The van der Waals surface area contributed by atoms with E-state index in [1.807, 2.05) is 6.07 Å². The summed E-state index contributed by atoms with van der Waals surface area (Å²) >= 11 is 0. The van der Waals surface area contributed by atoms with Crippen molar-refractivity contribution in [3.05, 3.63) is 47.8 Å². The molecular formula is C15H14N4O5S. The van der Waals surface area contributed by atoms with E-state index in [0.717, 1.165) is 6.20 Å². The Morgan fingerprint density at radius 1 is 1.24 bits per heavy atom. The Hall–Kier alpha value is -3.16. The molecular weight excluding hydrogens is 348 g/mol. The first kappa shape index (κ1) is 18.2. The maximum Gasteiger partial charge on any atom is 0.354 e. The van der Waals surface area contributed by atoms with Crippen LogP contribution in [0, 0.1) is 11.3 Å². The highest BCUT2D eigenvalue weighted by Gasteiger charge is 2.22. The monoisotopic (exact) mass is 362 g/mol. The molecule has 2 rings (SSSR count). The third-order valence-electron chi connectivity index (χ3n) is 3.31. The van der Waals surface area contributed by atoms with Crippen molar-refractivity contribution in [1.29, 1.82) is 5.26 Å². The standard InChI is InChI=1S/C15H14N4O5S/c16-7-1-8-18-14(20)11-4-2-10(3-5-11)12-6-9-19(25(17,23)24)13(12)15(21)22/h2-6,9H,1,8H2,(H,18,20)(H,21,22)(H2,17,23,24). The Labute approximate surface area is 143 Å². The van der Waals surface area contributed by atoms with E-state index in [2.05, 4.69) is 5.32 Å². The number of nitrogens with one attached hydrogen (secondary N) is 1. The highest BCUT2D eigenvalue weighted by atomic mass is 32.2. The molecule has 0 saturated carbocycles. The molecule has 25 heavy (non-hydrogen) atoms. The van der Waals surface area contributed by atoms with E-state index in [-0.39, 0.29) is 24.4 Å². The molecule has 9 nitrogen and oxygen atoms in total. The van der Waals surface area contributed by atoms with Crippen LogP contribution in [0.25, 0.3) is 11.1 Å². The Morgan fingerprint density at radius 2 is 1.88 bits per heavy atom. The molecule has 130 valence electrons. The maximum atomic E-state index is 11.9. The summed E-state index contributed by atoms with van der Waals surface area (Å²) in [5, 5.41) is 25.3. The fraction of sp³-hybridized carbons (Fsp3) is 0.133. The highest BCUT2D eigenvalue weighted by Crippen LogP contribution is 2.26. The molecule has 1 heterocycles. The minimum absolute atomic E-state index is 0.151. The number of carbonyl (C=O) groups excluding carboxylic acids is 1. The molecule has 0 radical (unpaired) electrons. The molecule has 0 aliphatic rings. The van der Waals surface area contributed by atoms with Crippen LogP contribution >= 0.6 is 0 Å². The molecule has 4 N–H and O–H groups in total. The van der Waals surface area contributed by atoms with Crippen LogP contribution in [0.5, 0.6) is 0 Å². The summed E-state index contributed by atoms with van der Waals surface area (Å²) in [4.78, 5) is 23.3. The van der Waals surface area contributed by atoms with Gasteiger partial charge in [0, 0.05) is 23.9 Å². The number of aromatic nitrogens is 1. The molecule has 0 bridgehead atoms. The number of nitriles is 1. The molecule has 0 atom stereocenters. The van der Waals surface area contributed by atoms with Crippen molar-refractivity contribution in [1.82, 2.24) is 9.29 Å². The van der Waals surface area contributed by atoms with Crippen molar-refractivity contribution in [2.24, 2.45) is 5.14 Å². The van der Waals surface area contributed by atoms with Gasteiger partial charge in [0.25, 0.3) is 5.91 Å². The van der Waals surface area contributed by atoms with E-state index in [9.17, 15) is 23.1 Å². The molecule has 1 aromatic heterocycles.